The van der Waals surface area contributed by atoms with Crippen LogP contribution in [0.5, 0.6) is 0 Å². The van der Waals surface area contributed by atoms with Gasteiger partial charge in [0.05, 0.1) is 22.6 Å². The monoisotopic (exact) mass is 358 g/mol. The number of hydrogen-bond acceptors (Lipinski definition) is 2. The molecule has 0 aliphatic rings. The van der Waals surface area contributed by atoms with Crippen molar-refractivity contribution in [1.82, 2.24) is 9.55 Å². The molecule has 3 rings (SSSR count). The number of halogens is 2. The third-order valence-electron chi connectivity index (χ3n) is 2.75. The lowest BCUT2D eigenvalue weighted by Gasteiger charge is -2.03. The molecule has 0 spiro atoms. The van der Waals surface area contributed by atoms with Crippen LogP contribution in [0.4, 0.5) is 0 Å². The van der Waals surface area contributed by atoms with Gasteiger partial charge in [0, 0.05) is 9.35 Å². The van der Waals surface area contributed by atoms with Crippen molar-refractivity contribution < 1.29 is 0 Å². The SMILES string of the molecule is S=c1[nH]c2c(Cl)cccc2n1Cc1sccc1Br. The minimum atomic E-state index is 0.693. The lowest BCUT2D eigenvalue weighted by molar-refractivity contribution is 0.821. The predicted octanol–water partition coefficient (Wildman–Crippen LogP) is 5.22. The summed E-state index contributed by atoms with van der Waals surface area (Å²) in [5.74, 6) is 0. The molecule has 1 aromatic carbocycles. The Labute approximate surface area is 126 Å². The third kappa shape index (κ3) is 2.05. The summed E-state index contributed by atoms with van der Waals surface area (Å²) in [6, 6.07) is 7.87. The molecule has 0 saturated carbocycles. The van der Waals surface area contributed by atoms with Crippen molar-refractivity contribution in [3.05, 3.63) is 48.8 Å². The molecule has 18 heavy (non-hydrogen) atoms. The molecule has 0 unspecified atom stereocenters. The van der Waals surface area contributed by atoms with Gasteiger partial charge in [-0.2, -0.15) is 0 Å². The number of thiophene rings is 1. The van der Waals surface area contributed by atoms with E-state index in [1.54, 1.807) is 11.3 Å². The van der Waals surface area contributed by atoms with E-state index in [0.717, 1.165) is 22.1 Å². The summed E-state index contributed by atoms with van der Waals surface area (Å²) in [5.41, 5.74) is 1.93. The van der Waals surface area contributed by atoms with Crippen LogP contribution in [0.2, 0.25) is 5.02 Å². The molecule has 0 aliphatic carbocycles. The summed E-state index contributed by atoms with van der Waals surface area (Å²) in [5, 5.41) is 2.76. The fourth-order valence-corrected chi connectivity index (χ4v) is 3.83. The normalized spacial score (nSPS) is 11.2. The molecule has 0 aliphatic heterocycles. The van der Waals surface area contributed by atoms with Crippen molar-refractivity contribution >= 4 is 62.1 Å². The van der Waals surface area contributed by atoms with Crippen molar-refractivity contribution in [1.29, 1.82) is 0 Å². The Morgan fingerprint density at radius 1 is 1.39 bits per heavy atom. The number of benzene rings is 1. The molecule has 0 amide bonds. The lowest BCUT2D eigenvalue weighted by Crippen LogP contribution is -1.98. The summed E-state index contributed by atoms with van der Waals surface area (Å²) in [6.07, 6.45) is 0. The number of H-pyrrole nitrogens is 1. The summed E-state index contributed by atoms with van der Waals surface area (Å²) in [6.45, 7) is 0.747. The van der Waals surface area contributed by atoms with Crippen LogP contribution in [0.15, 0.2) is 34.1 Å². The number of aromatic amines is 1. The molecule has 2 heterocycles. The third-order valence-corrected chi connectivity index (χ3v) is 5.30. The van der Waals surface area contributed by atoms with Gasteiger partial charge in [0.1, 0.15) is 0 Å². The van der Waals surface area contributed by atoms with Crippen molar-refractivity contribution in [2.75, 3.05) is 0 Å². The Balaban J connectivity index is 2.18. The second-order valence-corrected chi connectivity index (χ2v) is 6.49. The lowest BCUT2D eigenvalue weighted by atomic mass is 10.3. The van der Waals surface area contributed by atoms with Crippen molar-refractivity contribution in [3.63, 3.8) is 0 Å². The van der Waals surface area contributed by atoms with Crippen molar-refractivity contribution in [2.45, 2.75) is 6.54 Å². The van der Waals surface area contributed by atoms with Crippen LogP contribution in [0.25, 0.3) is 11.0 Å². The van der Waals surface area contributed by atoms with Crippen LogP contribution in [0, 0.1) is 4.77 Å². The smallest absolute Gasteiger partial charge is 0.178 e. The van der Waals surface area contributed by atoms with Gasteiger partial charge in [-0.05, 0) is 51.7 Å². The number of aromatic nitrogens is 2. The van der Waals surface area contributed by atoms with Crippen LogP contribution in [-0.2, 0) is 6.54 Å². The Morgan fingerprint density at radius 3 is 2.94 bits per heavy atom. The molecule has 0 radical (unpaired) electrons. The van der Waals surface area contributed by atoms with Gasteiger partial charge in [-0.3, -0.25) is 0 Å². The van der Waals surface area contributed by atoms with Crippen molar-refractivity contribution in [2.24, 2.45) is 0 Å². The number of rotatable bonds is 2. The van der Waals surface area contributed by atoms with E-state index < -0.39 is 0 Å². The number of hydrogen-bond donors (Lipinski definition) is 1. The highest BCUT2D eigenvalue weighted by Gasteiger charge is 2.09. The van der Waals surface area contributed by atoms with E-state index >= 15 is 0 Å². The van der Waals surface area contributed by atoms with E-state index in [2.05, 4.69) is 30.9 Å². The quantitative estimate of drug-likeness (QED) is 0.622. The fraction of sp³-hybridized carbons (Fsp3) is 0.0833. The molecule has 1 N–H and O–H groups in total. The first-order chi connectivity index (χ1) is 8.66. The zero-order valence-electron chi connectivity index (χ0n) is 9.11. The van der Waals surface area contributed by atoms with E-state index in [-0.39, 0.29) is 0 Å². The van der Waals surface area contributed by atoms with Gasteiger partial charge in [0.2, 0.25) is 0 Å². The summed E-state index contributed by atoms with van der Waals surface area (Å²) in [4.78, 5) is 4.40. The highest BCUT2D eigenvalue weighted by molar-refractivity contribution is 9.10. The first-order valence-corrected chi connectivity index (χ1v) is 7.71. The van der Waals surface area contributed by atoms with E-state index in [1.807, 2.05) is 24.3 Å². The van der Waals surface area contributed by atoms with Crippen LogP contribution >= 0.6 is 51.1 Å². The molecule has 2 aromatic heterocycles. The molecule has 0 saturated heterocycles. The number of nitrogens with zero attached hydrogens (tertiary/aromatic N) is 1. The van der Waals surface area contributed by atoms with E-state index in [1.165, 1.54) is 4.88 Å². The van der Waals surface area contributed by atoms with Gasteiger partial charge < -0.3 is 9.55 Å². The molecule has 0 atom stereocenters. The topological polar surface area (TPSA) is 20.7 Å². The number of para-hydroxylation sites is 1. The molecule has 92 valence electrons. The average molecular weight is 360 g/mol. The fourth-order valence-electron chi connectivity index (χ4n) is 1.88. The largest absolute Gasteiger partial charge is 0.329 e. The number of nitrogens with one attached hydrogen (secondary N) is 1. The molecule has 0 fully saturated rings. The summed E-state index contributed by atoms with van der Waals surface area (Å²) < 4.78 is 3.87. The Hall–Kier alpha value is -0.620. The minimum Gasteiger partial charge on any atom is -0.329 e. The molecule has 2 nitrogen and oxygen atoms in total. The molecule has 6 heteroatoms. The van der Waals surface area contributed by atoms with Crippen LogP contribution in [0.1, 0.15) is 4.88 Å². The zero-order chi connectivity index (χ0) is 12.7. The van der Waals surface area contributed by atoms with Gasteiger partial charge in [0.25, 0.3) is 0 Å². The van der Waals surface area contributed by atoms with Crippen molar-refractivity contribution in [3.8, 4) is 0 Å². The molecular weight excluding hydrogens is 352 g/mol. The van der Waals surface area contributed by atoms with E-state index in [9.17, 15) is 0 Å². The highest BCUT2D eigenvalue weighted by Crippen LogP contribution is 2.27. The summed E-state index contributed by atoms with van der Waals surface area (Å²) in [7, 11) is 0. The van der Waals surface area contributed by atoms with E-state index in [0.29, 0.717) is 9.79 Å². The van der Waals surface area contributed by atoms with Gasteiger partial charge in [-0.25, -0.2) is 0 Å². The molecular formula is C12H8BrClN2S2. The summed E-state index contributed by atoms with van der Waals surface area (Å²) >= 11 is 16.8. The van der Waals surface area contributed by atoms with Crippen LogP contribution in [-0.4, -0.2) is 9.55 Å². The maximum Gasteiger partial charge on any atom is 0.178 e. The first kappa shape index (κ1) is 12.4. The Kier molecular flexibility index (Phi) is 3.32. The molecule has 0 bridgehead atoms. The van der Waals surface area contributed by atoms with Gasteiger partial charge in [-0.15, -0.1) is 11.3 Å². The average Bonchev–Trinajstić information content (AvgIpc) is 2.87. The standard InChI is InChI=1S/C12H8BrClN2S2/c13-7-4-5-18-10(7)6-16-9-3-1-2-8(14)11(9)15-12(16)17/h1-5H,6H2,(H,15,17). The predicted molar refractivity (Wildman–Crippen MR) is 83.3 cm³/mol. The number of imidazole rings is 1. The molecule has 3 aromatic rings. The second-order valence-electron chi connectivity index (χ2n) is 3.84. The highest BCUT2D eigenvalue weighted by atomic mass is 79.9. The van der Waals surface area contributed by atoms with Crippen LogP contribution < -0.4 is 0 Å². The maximum atomic E-state index is 6.16. The minimum absolute atomic E-state index is 0.693. The maximum absolute atomic E-state index is 6.16. The zero-order valence-corrected chi connectivity index (χ0v) is 13.1. The number of fused-ring (bicyclic) bond motifs is 1. The second kappa shape index (κ2) is 4.81. The Morgan fingerprint density at radius 2 is 2.22 bits per heavy atom. The Bertz CT molecular complexity index is 772. The van der Waals surface area contributed by atoms with Gasteiger partial charge >= 0.3 is 0 Å². The van der Waals surface area contributed by atoms with E-state index in [4.69, 9.17) is 23.8 Å². The van der Waals surface area contributed by atoms with Crippen LogP contribution in [0.3, 0.4) is 0 Å². The van der Waals surface area contributed by atoms with Gasteiger partial charge in [0.15, 0.2) is 4.77 Å². The first-order valence-electron chi connectivity index (χ1n) is 5.25. The van der Waals surface area contributed by atoms with Gasteiger partial charge in [-0.1, -0.05) is 17.7 Å².